The zero-order valence-corrected chi connectivity index (χ0v) is 20.2. The van der Waals surface area contributed by atoms with Crippen molar-refractivity contribution < 1.29 is 18.7 Å². The Morgan fingerprint density at radius 1 is 1.19 bits per heavy atom. The lowest BCUT2D eigenvalue weighted by atomic mass is 10.1. The van der Waals surface area contributed by atoms with Crippen LogP contribution in [0.2, 0.25) is 0 Å². The van der Waals surface area contributed by atoms with Crippen molar-refractivity contribution in [1.82, 2.24) is 24.8 Å². The van der Waals surface area contributed by atoms with Gasteiger partial charge in [-0.1, -0.05) is 12.1 Å². The van der Waals surface area contributed by atoms with Gasteiger partial charge in [-0.3, -0.25) is 14.5 Å². The van der Waals surface area contributed by atoms with Crippen LogP contribution in [0.5, 0.6) is 0 Å². The standard InChI is InChI=1S/C25H29N7O4/c1-2-35-23(34)17-31-12-14-32(15-13-31)22(33)8-5-10-27-25-28-11-9-19(30-25)18(16-26)24-29-20-6-3-4-7-21(20)36-24/h3-4,6-7,9,11,18H,2,5,8,10,12-15,17H2,1H3,(H,27,28,30). The Kier molecular flexibility index (Phi) is 8.41. The van der Waals surface area contributed by atoms with Crippen LogP contribution >= 0.6 is 0 Å². The minimum Gasteiger partial charge on any atom is -0.465 e. The average molecular weight is 492 g/mol. The maximum absolute atomic E-state index is 12.6. The summed E-state index contributed by atoms with van der Waals surface area (Å²) in [5.41, 5.74) is 1.79. The summed E-state index contributed by atoms with van der Waals surface area (Å²) in [5, 5.41) is 12.9. The number of anilines is 1. The number of esters is 1. The number of hydrogen-bond donors (Lipinski definition) is 1. The SMILES string of the molecule is CCOC(=O)CN1CCN(C(=O)CCCNc2nccc(C(C#N)c3nc4ccccc4o3)n2)CC1. The van der Waals surface area contributed by atoms with E-state index in [0.717, 1.165) is 0 Å². The molecule has 0 spiro atoms. The number of benzene rings is 1. The fourth-order valence-corrected chi connectivity index (χ4v) is 4.02. The quantitative estimate of drug-likeness (QED) is 0.332. The minimum atomic E-state index is -0.759. The fraction of sp³-hybridized carbons (Fsp3) is 0.440. The third-order valence-corrected chi connectivity index (χ3v) is 5.89. The van der Waals surface area contributed by atoms with Gasteiger partial charge in [0, 0.05) is 45.3 Å². The summed E-state index contributed by atoms with van der Waals surface area (Å²) < 4.78 is 10.7. The van der Waals surface area contributed by atoms with Gasteiger partial charge in [0.2, 0.25) is 17.7 Å². The molecule has 0 saturated carbocycles. The number of carbonyl (C=O) groups is 2. The van der Waals surface area contributed by atoms with Gasteiger partial charge in [-0.25, -0.2) is 15.0 Å². The first-order valence-corrected chi connectivity index (χ1v) is 12.0. The lowest BCUT2D eigenvalue weighted by molar-refractivity contribution is -0.145. The number of rotatable bonds is 10. The average Bonchev–Trinajstić information content (AvgIpc) is 3.31. The first kappa shape index (κ1) is 25.1. The first-order chi connectivity index (χ1) is 17.6. The Bertz CT molecular complexity index is 1200. The number of fused-ring (bicyclic) bond motifs is 1. The van der Waals surface area contributed by atoms with Crippen molar-refractivity contribution >= 4 is 28.9 Å². The molecule has 0 bridgehead atoms. The monoisotopic (exact) mass is 491 g/mol. The molecule has 1 aromatic carbocycles. The van der Waals surface area contributed by atoms with E-state index in [-0.39, 0.29) is 24.3 Å². The number of nitriles is 1. The van der Waals surface area contributed by atoms with Gasteiger partial charge in [-0.15, -0.1) is 0 Å². The van der Waals surface area contributed by atoms with E-state index < -0.39 is 5.92 Å². The van der Waals surface area contributed by atoms with Crippen molar-refractivity contribution in [2.75, 3.05) is 51.2 Å². The highest BCUT2D eigenvalue weighted by atomic mass is 16.5. The van der Waals surface area contributed by atoms with Gasteiger partial charge >= 0.3 is 5.97 Å². The van der Waals surface area contributed by atoms with Crippen LogP contribution in [0, 0.1) is 11.3 Å². The predicted molar refractivity (Wildman–Crippen MR) is 131 cm³/mol. The number of oxazole rings is 1. The molecule has 11 nitrogen and oxygen atoms in total. The molecule has 0 aliphatic carbocycles. The molecule has 0 radical (unpaired) electrons. The van der Waals surface area contributed by atoms with E-state index >= 15 is 0 Å². The van der Waals surface area contributed by atoms with Gasteiger partial charge in [0.05, 0.1) is 24.9 Å². The maximum atomic E-state index is 12.6. The number of amides is 1. The second-order valence-corrected chi connectivity index (χ2v) is 8.38. The Balaban J connectivity index is 1.23. The highest BCUT2D eigenvalue weighted by Crippen LogP contribution is 2.26. The molecule has 4 rings (SSSR count). The summed E-state index contributed by atoms with van der Waals surface area (Å²) in [7, 11) is 0. The summed E-state index contributed by atoms with van der Waals surface area (Å²) in [6.07, 6.45) is 2.59. The second-order valence-electron chi connectivity index (χ2n) is 8.38. The van der Waals surface area contributed by atoms with Crippen molar-refractivity contribution in [3.05, 3.63) is 48.1 Å². The second kappa shape index (κ2) is 12.1. The smallest absolute Gasteiger partial charge is 0.320 e. The zero-order chi connectivity index (χ0) is 25.3. The highest BCUT2D eigenvalue weighted by Gasteiger charge is 2.23. The lowest BCUT2D eigenvalue weighted by Gasteiger charge is -2.34. The minimum absolute atomic E-state index is 0.0859. The molecule has 1 aliphatic heterocycles. The van der Waals surface area contributed by atoms with Gasteiger partial charge in [0.1, 0.15) is 5.52 Å². The molecule has 1 fully saturated rings. The number of nitrogens with one attached hydrogen (secondary N) is 1. The molecule has 188 valence electrons. The van der Waals surface area contributed by atoms with Crippen molar-refractivity contribution in [3.8, 4) is 6.07 Å². The lowest BCUT2D eigenvalue weighted by Crippen LogP contribution is -2.50. The Hall–Kier alpha value is -4.04. The van der Waals surface area contributed by atoms with E-state index in [4.69, 9.17) is 9.15 Å². The van der Waals surface area contributed by atoms with Crippen LogP contribution in [0.3, 0.4) is 0 Å². The van der Waals surface area contributed by atoms with Crippen LogP contribution in [0.25, 0.3) is 11.1 Å². The van der Waals surface area contributed by atoms with E-state index in [0.29, 0.717) is 74.9 Å². The van der Waals surface area contributed by atoms with Gasteiger partial charge in [-0.2, -0.15) is 5.26 Å². The van der Waals surface area contributed by atoms with Gasteiger partial charge in [0.25, 0.3) is 0 Å². The molecular weight excluding hydrogens is 462 g/mol. The van der Waals surface area contributed by atoms with Crippen LogP contribution in [0.1, 0.15) is 37.3 Å². The van der Waals surface area contributed by atoms with Crippen LogP contribution in [0.15, 0.2) is 40.9 Å². The number of carbonyl (C=O) groups excluding carboxylic acids is 2. The number of hydrogen-bond acceptors (Lipinski definition) is 10. The van der Waals surface area contributed by atoms with Gasteiger partial charge in [-0.05, 0) is 31.5 Å². The van der Waals surface area contributed by atoms with E-state index in [1.54, 1.807) is 25.3 Å². The molecule has 3 heterocycles. The summed E-state index contributed by atoms with van der Waals surface area (Å²) >= 11 is 0. The van der Waals surface area contributed by atoms with Crippen molar-refractivity contribution in [2.45, 2.75) is 25.7 Å². The summed E-state index contributed by atoms with van der Waals surface area (Å²) in [4.78, 5) is 41.1. The molecule has 1 amide bonds. The molecule has 2 aromatic heterocycles. The number of nitrogens with zero attached hydrogens (tertiary/aromatic N) is 6. The summed E-state index contributed by atoms with van der Waals surface area (Å²) in [6.45, 7) is 5.45. The normalized spacial score (nSPS) is 14.8. The number of para-hydroxylation sites is 2. The predicted octanol–water partition coefficient (Wildman–Crippen LogP) is 2.17. The maximum Gasteiger partial charge on any atom is 0.320 e. The van der Waals surface area contributed by atoms with Crippen molar-refractivity contribution in [1.29, 1.82) is 5.26 Å². The molecule has 36 heavy (non-hydrogen) atoms. The van der Waals surface area contributed by atoms with Crippen LogP contribution < -0.4 is 5.32 Å². The van der Waals surface area contributed by atoms with E-state index in [1.807, 2.05) is 28.0 Å². The molecule has 1 saturated heterocycles. The molecule has 1 unspecified atom stereocenters. The van der Waals surface area contributed by atoms with Gasteiger partial charge in [0.15, 0.2) is 11.5 Å². The van der Waals surface area contributed by atoms with Crippen LogP contribution in [-0.4, -0.2) is 82.5 Å². The van der Waals surface area contributed by atoms with Crippen molar-refractivity contribution in [2.24, 2.45) is 0 Å². The van der Waals surface area contributed by atoms with E-state index in [9.17, 15) is 14.9 Å². The number of piperazine rings is 1. The zero-order valence-electron chi connectivity index (χ0n) is 20.2. The molecule has 11 heteroatoms. The van der Waals surface area contributed by atoms with E-state index in [2.05, 4.69) is 26.3 Å². The highest BCUT2D eigenvalue weighted by molar-refractivity contribution is 5.76. The largest absolute Gasteiger partial charge is 0.465 e. The fourth-order valence-electron chi connectivity index (χ4n) is 4.02. The molecule has 3 aromatic rings. The molecule has 1 N–H and O–H groups in total. The Morgan fingerprint density at radius 3 is 2.75 bits per heavy atom. The Labute approximate surface area is 209 Å². The van der Waals surface area contributed by atoms with Gasteiger partial charge < -0.3 is 19.4 Å². The molecule has 1 atom stereocenters. The third kappa shape index (κ3) is 6.34. The molecule has 1 aliphatic rings. The first-order valence-electron chi connectivity index (χ1n) is 12.0. The molecular formula is C25H29N7O4. The summed E-state index contributed by atoms with van der Waals surface area (Å²) in [6, 6.07) is 11.2. The van der Waals surface area contributed by atoms with Crippen molar-refractivity contribution in [3.63, 3.8) is 0 Å². The van der Waals surface area contributed by atoms with Crippen LogP contribution in [-0.2, 0) is 14.3 Å². The number of aromatic nitrogens is 3. The topological polar surface area (TPSA) is 137 Å². The van der Waals surface area contributed by atoms with Crippen LogP contribution in [0.4, 0.5) is 5.95 Å². The third-order valence-electron chi connectivity index (χ3n) is 5.89. The van der Waals surface area contributed by atoms with E-state index in [1.165, 1.54) is 0 Å². The summed E-state index contributed by atoms with van der Waals surface area (Å²) in [5.74, 6) is -0.238. The Morgan fingerprint density at radius 2 is 2.00 bits per heavy atom. The number of ether oxygens (including phenoxy) is 1.